The topological polar surface area (TPSA) is 100 Å². The number of aryl methyl sites for hydroxylation is 1. The molecule has 0 amide bonds. The van der Waals surface area contributed by atoms with Gasteiger partial charge in [-0.25, -0.2) is 4.39 Å². The summed E-state index contributed by atoms with van der Waals surface area (Å²) in [6.45, 7) is 2.05. The molecule has 41 heavy (non-hydrogen) atoms. The maximum Gasteiger partial charge on any atom is 0.573 e. The summed E-state index contributed by atoms with van der Waals surface area (Å²) in [6, 6.07) is 12.8. The number of carboxylic acid groups (broad SMARTS) is 1. The van der Waals surface area contributed by atoms with Gasteiger partial charge in [0.05, 0.1) is 19.4 Å². The standard InChI is InChI=1S/C29H28F4N2O6/c1-17-12-19(30)6-8-24(17)27(34-20-13-22(39-2)15-23(14-20)40-11-3-4-26(36)37)28(38)35-10-9-18-5-7-21(16-25(18)35)41-29(31,32)33/h5-8,12-16,34,38H,3-4,9-11H2,1-2H3,(H,36,37). The number of benzene rings is 3. The minimum atomic E-state index is -4.88. The second kappa shape index (κ2) is 12.3. The molecule has 1 aliphatic rings. The van der Waals surface area contributed by atoms with Crippen LogP contribution in [0.3, 0.4) is 0 Å². The van der Waals surface area contributed by atoms with E-state index < -0.39 is 23.9 Å². The van der Waals surface area contributed by atoms with Crippen molar-refractivity contribution in [3.63, 3.8) is 0 Å². The molecule has 12 heteroatoms. The Kier molecular flexibility index (Phi) is 8.80. The lowest BCUT2D eigenvalue weighted by atomic mass is 10.0. The molecule has 8 nitrogen and oxygen atoms in total. The number of aliphatic hydroxyl groups excluding tert-OH is 1. The number of hydrogen-bond donors (Lipinski definition) is 3. The summed E-state index contributed by atoms with van der Waals surface area (Å²) in [5.41, 5.74) is 2.53. The molecule has 0 saturated heterocycles. The minimum absolute atomic E-state index is 0.0628. The number of fused-ring (bicyclic) bond motifs is 1. The first kappa shape index (κ1) is 29.4. The number of aliphatic carboxylic acids is 1. The van der Waals surface area contributed by atoms with Gasteiger partial charge < -0.3 is 34.6 Å². The lowest BCUT2D eigenvalue weighted by molar-refractivity contribution is -0.274. The largest absolute Gasteiger partial charge is 0.573 e. The van der Waals surface area contributed by atoms with Crippen LogP contribution in [0.5, 0.6) is 17.2 Å². The molecule has 3 aromatic rings. The molecule has 0 aromatic heterocycles. The molecule has 4 rings (SSSR count). The lowest BCUT2D eigenvalue weighted by Gasteiger charge is -2.24. The first-order valence-electron chi connectivity index (χ1n) is 12.6. The highest BCUT2D eigenvalue weighted by Gasteiger charge is 2.33. The zero-order valence-corrected chi connectivity index (χ0v) is 22.2. The summed E-state index contributed by atoms with van der Waals surface area (Å²) in [4.78, 5) is 12.3. The van der Waals surface area contributed by atoms with E-state index in [1.54, 1.807) is 25.1 Å². The van der Waals surface area contributed by atoms with Crippen molar-refractivity contribution in [2.24, 2.45) is 0 Å². The highest BCUT2D eigenvalue weighted by Crippen LogP contribution is 2.38. The molecule has 0 aliphatic carbocycles. The summed E-state index contributed by atoms with van der Waals surface area (Å²) in [5, 5.41) is 23.6. The molecule has 0 saturated carbocycles. The highest BCUT2D eigenvalue weighted by atomic mass is 19.4. The molecular formula is C29H28F4N2O6. The molecule has 0 spiro atoms. The fourth-order valence-electron chi connectivity index (χ4n) is 4.47. The number of rotatable bonds is 11. The molecule has 1 aliphatic heterocycles. The third-order valence-corrected chi connectivity index (χ3v) is 6.31. The Labute approximate surface area is 233 Å². The number of carboxylic acids is 1. The predicted molar refractivity (Wildman–Crippen MR) is 144 cm³/mol. The van der Waals surface area contributed by atoms with E-state index in [9.17, 15) is 27.5 Å². The van der Waals surface area contributed by atoms with Crippen molar-refractivity contribution in [2.45, 2.75) is 32.5 Å². The summed E-state index contributed by atoms with van der Waals surface area (Å²) >= 11 is 0. The van der Waals surface area contributed by atoms with Crippen LogP contribution in [0.1, 0.15) is 29.5 Å². The van der Waals surface area contributed by atoms with Crippen LogP contribution in [-0.2, 0) is 11.2 Å². The van der Waals surface area contributed by atoms with Gasteiger partial charge in [-0.15, -0.1) is 13.2 Å². The van der Waals surface area contributed by atoms with Crippen molar-refractivity contribution < 1.29 is 46.8 Å². The van der Waals surface area contributed by atoms with Gasteiger partial charge >= 0.3 is 12.3 Å². The Balaban J connectivity index is 1.74. The van der Waals surface area contributed by atoms with Gasteiger partial charge in [-0.05, 0) is 55.2 Å². The van der Waals surface area contributed by atoms with Crippen LogP contribution in [0.25, 0.3) is 5.70 Å². The molecule has 3 aromatic carbocycles. The number of ether oxygens (including phenoxy) is 3. The van der Waals surface area contributed by atoms with Gasteiger partial charge in [-0.3, -0.25) is 4.79 Å². The van der Waals surface area contributed by atoms with Gasteiger partial charge in [-0.2, -0.15) is 0 Å². The molecule has 0 atom stereocenters. The summed E-state index contributed by atoms with van der Waals surface area (Å²) in [7, 11) is 1.45. The van der Waals surface area contributed by atoms with Crippen molar-refractivity contribution in [1.29, 1.82) is 0 Å². The summed E-state index contributed by atoms with van der Waals surface area (Å²) in [6.07, 6.45) is -4.21. The van der Waals surface area contributed by atoms with Crippen LogP contribution in [-0.4, -0.2) is 42.8 Å². The van der Waals surface area contributed by atoms with E-state index >= 15 is 0 Å². The fourth-order valence-corrected chi connectivity index (χ4v) is 4.47. The fraction of sp³-hybridized carbons (Fsp3) is 0.276. The number of alkyl halides is 3. The maximum atomic E-state index is 14.0. The van der Waals surface area contributed by atoms with Crippen molar-refractivity contribution >= 4 is 23.0 Å². The van der Waals surface area contributed by atoms with Crippen molar-refractivity contribution in [3.05, 3.63) is 83.0 Å². The predicted octanol–water partition coefficient (Wildman–Crippen LogP) is 6.64. The van der Waals surface area contributed by atoms with E-state index in [2.05, 4.69) is 10.1 Å². The van der Waals surface area contributed by atoms with Crippen molar-refractivity contribution in [3.8, 4) is 17.2 Å². The average molecular weight is 577 g/mol. The van der Waals surface area contributed by atoms with Crippen LogP contribution < -0.4 is 24.4 Å². The van der Waals surface area contributed by atoms with Crippen LogP contribution >= 0.6 is 0 Å². The molecule has 0 unspecified atom stereocenters. The number of nitrogens with one attached hydrogen (secondary N) is 1. The Morgan fingerprint density at radius 2 is 1.78 bits per heavy atom. The number of methoxy groups -OCH3 is 1. The second-order valence-electron chi connectivity index (χ2n) is 9.27. The number of nitrogens with zero attached hydrogens (tertiary/aromatic N) is 1. The Morgan fingerprint density at radius 3 is 2.46 bits per heavy atom. The van der Waals surface area contributed by atoms with Crippen molar-refractivity contribution in [2.75, 3.05) is 30.5 Å². The van der Waals surface area contributed by atoms with Gasteiger partial charge in [0.1, 0.15) is 28.8 Å². The smallest absolute Gasteiger partial charge is 0.497 e. The zero-order valence-electron chi connectivity index (χ0n) is 22.2. The van der Waals surface area contributed by atoms with Gasteiger partial charge in [0.15, 0.2) is 0 Å². The third kappa shape index (κ3) is 7.53. The number of halogens is 4. The van der Waals surface area contributed by atoms with Gasteiger partial charge in [0.2, 0.25) is 5.88 Å². The quantitative estimate of drug-likeness (QED) is 0.133. The van der Waals surface area contributed by atoms with Gasteiger partial charge in [0.25, 0.3) is 0 Å². The number of hydrogen-bond acceptors (Lipinski definition) is 7. The monoisotopic (exact) mass is 576 g/mol. The van der Waals surface area contributed by atoms with E-state index in [1.807, 2.05) is 0 Å². The Bertz CT molecular complexity index is 1460. The van der Waals surface area contributed by atoms with E-state index in [0.29, 0.717) is 46.0 Å². The molecule has 0 radical (unpaired) electrons. The van der Waals surface area contributed by atoms with E-state index in [1.165, 1.54) is 48.4 Å². The average Bonchev–Trinajstić information content (AvgIpc) is 3.32. The Hall–Kier alpha value is -4.61. The molecular weight excluding hydrogens is 548 g/mol. The molecule has 0 bridgehead atoms. The Morgan fingerprint density at radius 1 is 1.02 bits per heavy atom. The molecule has 3 N–H and O–H groups in total. The van der Waals surface area contributed by atoms with Crippen LogP contribution in [0, 0.1) is 12.7 Å². The lowest BCUT2D eigenvalue weighted by Crippen LogP contribution is -2.23. The SMILES string of the molecule is COc1cc(NC(=C(O)N2CCc3ccc(OC(F)(F)F)cc32)c2ccc(F)cc2C)cc(OCCCC(=O)O)c1. The first-order chi connectivity index (χ1) is 19.4. The number of anilines is 2. The van der Waals surface area contributed by atoms with Crippen molar-refractivity contribution in [1.82, 2.24) is 0 Å². The van der Waals surface area contributed by atoms with Gasteiger partial charge in [0, 0.05) is 48.5 Å². The summed E-state index contributed by atoms with van der Waals surface area (Å²) in [5.74, 6) is -1.40. The van der Waals surface area contributed by atoms with Crippen LogP contribution in [0.15, 0.2) is 60.5 Å². The van der Waals surface area contributed by atoms with E-state index in [0.717, 1.165) is 0 Å². The highest BCUT2D eigenvalue weighted by molar-refractivity contribution is 5.83. The summed E-state index contributed by atoms with van der Waals surface area (Å²) < 4.78 is 67.7. The maximum absolute atomic E-state index is 14.0. The van der Waals surface area contributed by atoms with Gasteiger partial charge in [-0.1, -0.05) is 6.07 Å². The third-order valence-electron chi connectivity index (χ3n) is 6.31. The molecule has 218 valence electrons. The minimum Gasteiger partial charge on any atom is -0.497 e. The van der Waals surface area contributed by atoms with Crippen LogP contribution in [0.2, 0.25) is 0 Å². The normalized spacial score (nSPS) is 13.4. The van der Waals surface area contributed by atoms with E-state index in [-0.39, 0.29) is 37.6 Å². The molecule has 1 heterocycles. The second-order valence-corrected chi connectivity index (χ2v) is 9.27. The first-order valence-corrected chi connectivity index (χ1v) is 12.6. The number of carbonyl (C=O) groups is 1. The van der Waals surface area contributed by atoms with E-state index in [4.69, 9.17) is 14.6 Å². The number of aliphatic hydroxyl groups is 1. The zero-order chi connectivity index (χ0) is 29.7. The van der Waals surface area contributed by atoms with Crippen LogP contribution in [0.4, 0.5) is 28.9 Å². The molecule has 0 fully saturated rings.